The van der Waals surface area contributed by atoms with Crippen LogP contribution in [-0.4, -0.2) is 5.91 Å². The Bertz CT molecular complexity index is 740. The molecular weight excluding hydrogens is 344 g/mol. The third-order valence-electron chi connectivity index (χ3n) is 4.87. The number of hydrogen-bond acceptors (Lipinski definition) is 1. The molecule has 0 saturated heterocycles. The Kier molecular flexibility index (Phi) is 5.69. The molecule has 1 amide bonds. The van der Waals surface area contributed by atoms with Crippen LogP contribution in [0.15, 0.2) is 42.5 Å². The zero-order valence-electron chi connectivity index (χ0n) is 13.8. The zero-order chi connectivity index (χ0) is 17.8. The van der Waals surface area contributed by atoms with Gasteiger partial charge in [0.2, 0.25) is 5.91 Å². The van der Waals surface area contributed by atoms with Crippen molar-refractivity contribution in [2.75, 3.05) is 5.32 Å². The number of carbonyl (C=O) groups is 1. The monoisotopic (exact) mass is 363 g/mol. The number of anilines is 1. The van der Waals surface area contributed by atoms with Crippen LogP contribution in [0.25, 0.3) is 0 Å². The van der Waals surface area contributed by atoms with Gasteiger partial charge in [-0.25, -0.2) is 8.78 Å². The molecule has 0 aliphatic heterocycles. The van der Waals surface area contributed by atoms with Gasteiger partial charge in [-0.3, -0.25) is 4.79 Å². The quantitative estimate of drug-likeness (QED) is 0.717. The number of nitrogens with one attached hydrogen (secondary N) is 1. The van der Waals surface area contributed by atoms with Gasteiger partial charge in [0, 0.05) is 17.1 Å². The van der Waals surface area contributed by atoms with Crippen molar-refractivity contribution >= 4 is 23.2 Å². The molecule has 2 nitrogen and oxygen atoms in total. The summed E-state index contributed by atoms with van der Waals surface area (Å²) in [6.45, 7) is 0. The van der Waals surface area contributed by atoms with E-state index in [4.69, 9.17) is 11.6 Å². The molecule has 132 valence electrons. The second kappa shape index (κ2) is 7.96. The molecule has 0 unspecified atom stereocenters. The number of amides is 1. The van der Waals surface area contributed by atoms with Crippen molar-refractivity contribution in [3.05, 3.63) is 64.7 Å². The molecule has 3 rings (SSSR count). The lowest BCUT2D eigenvalue weighted by Gasteiger charge is -2.28. The lowest BCUT2D eigenvalue weighted by molar-refractivity contribution is -0.117. The molecular formula is C20H20ClF2NO. The van der Waals surface area contributed by atoms with Crippen LogP contribution < -0.4 is 5.32 Å². The zero-order valence-corrected chi connectivity index (χ0v) is 14.5. The molecule has 0 bridgehead atoms. The summed E-state index contributed by atoms with van der Waals surface area (Å²) < 4.78 is 27.3. The average Bonchev–Trinajstić information content (AvgIpc) is 2.60. The van der Waals surface area contributed by atoms with Gasteiger partial charge in [-0.05, 0) is 73.4 Å². The second-order valence-corrected chi connectivity index (χ2v) is 7.06. The van der Waals surface area contributed by atoms with Crippen molar-refractivity contribution < 1.29 is 13.6 Å². The number of hydrogen-bond donors (Lipinski definition) is 1. The second-order valence-electron chi connectivity index (χ2n) is 6.62. The maximum atomic E-state index is 13.9. The highest BCUT2D eigenvalue weighted by molar-refractivity contribution is 6.30. The highest BCUT2D eigenvalue weighted by Gasteiger charge is 2.26. The van der Waals surface area contributed by atoms with E-state index in [0.29, 0.717) is 17.0 Å². The standard InChI is InChI=1S/C20H20ClF2NO/c21-15-8-10-16(11-9-15)24-19(25)12-13-4-6-14(7-5-13)17-2-1-3-18(22)20(17)23/h1-3,8-11,13-14H,4-7,12H2,(H,24,25). The van der Waals surface area contributed by atoms with Gasteiger partial charge < -0.3 is 5.32 Å². The largest absolute Gasteiger partial charge is 0.326 e. The average molecular weight is 364 g/mol. The Balaban J connectivity index is 1.51. The van der Waals surface area contributed by atoms with E-state index in [0.717, 1.165) is 37.4 Å². The Morgan fingerprint density at radius 2 is 1.72 bits per heavy atom. The molecule has 1 N–H and O–H groups in total. The number of rotatable bonds is 4. The molecule has 2 aromatic carbocycles. The van der Waals surface area contributed by atoms with Gasteiger partial charge in [0.1, 0.15) is 0 Å². The number of benzene rings is 2. The molecule has 1 saturated carbocycles. The molecule has 25 heavy (non-hydrogen) atoms. The molecule has 1 aliphatic carbocycles. The molecule has 1 aliphatic rings. The molecule has 0 spiro atoms. The van der Waals surface area contributed by atoms with E-state index < -0.39 is 11.6 Å². The summed E-state index contributed by atoms with van der Waals surface area (Å²) in [6, 6.07) is 11.4. The first-order valence-corrected chi connectivity index (χ1v) is 8.90. The lowest BCUT2D eigenvalue weighted by Crippen LogP contribution is -2.21. The summed E-state index contributed by atoms with van der Waals surface area (Å²) in [5, 5.41) is 3.49. The SMILES string of the molecule is O=C(CC1CCC(c2cccc(F)c2F)CC1)Nc1ccc(Cl)cc1. The Morgan fingerprint density at radius 1 is 1.04 bits per heavy atom. The smallest absolute Gasteiger partial charge is 0.224 e. The van der Waals surface area contributed by atoms with E-state index in [9.17, 15) is 13.6 Å². The fourth-order valence-corrected chi connectivity index (χ4v) is 3.65. The van der Waals surface area contributed by atoms with Gasteiger partial charge in [0.25, 0.3) is 0 Å². The maximum Gasteiger partial charge on any atom is 0.224 e. The van der Waals surface area contributed by atoms with Crippen LogP contribution in [0.1, 0.15) is 43.6 Å². The maximum absolute atomic E-state index is 13.9. The van der Waals surface area contributed by atoms with Crippen molar-refractivity contribution in [3.63, 3.8) is 0 Å². The first-order chi connectivity index (χ1) is 12.0. The fraction of sp³-hybridized carbons (Fsp3) is 0.350. The van der Waals surface area contributed by atoms with Gasteiger partial charge in [-0.15, -0.1) is 0 Å². The van der Waals surface area contributed by atoms with Crippen LogP contribution in [0.5, 0.6) is 0 Å². The van der Waals surface area contributed by atoms with Gasteiger partial charge in [-0.2, -0.15) is 0 Å². The van der Waals surface area contributed by atoms with Crippen LogP contribution in [0, 0.1) is 17.6 Å². The van der Waals surface area contributed by atoms with Crippen molar-refractivity contribution in [3.8, 4) is 0 Å². The summed E-state index contributed by atoms with van der Waals surface area (Å²) in [5.74, 6) is -1.23. The van der Waals surface area contributed by atoms with Crippen molar-refractivity contribution in [1.29, 1.82) is 0 Å². The van der Waals surface area contributed by atoms with Crippen LogP contribution in [-0.2, 0) is 4.79 Å². The van der Waals surface area contributed by atoms with E-state index in [1.165, 1.54) is 0 Å². The van der Waals surface area contributed by atoms with Gasteiger partial charge in [-0.1, -0.05) is 23.7 Å². The first-order valence-electron chi connectivity index (χ1n) is 8.52. The van der Waals surface area contributed by atoms with Gasteiger partial charge >= 0.3 is 0 Å². The Hall–Kier alpha value is -1.94. The van der Waals surface area contributed by atoms with Gasteiger partial charge in [0.05, 0.1) is 0 Å². The van der Waals surface area contributed by atoms with E-state index >= 15 is 0 Å². The van der Waals surface area contributed by atoms with Crippen LogP contribution in [0.3, 0.4) is 0 Å². The van der Waals surface area contributed by atoms with Crippen LogP contribution >= 0.6 is 11.6 Å². The molecule has 1 fully saturated rings. The molecule has 2 aromatic rings. The van der Waals surface area contributed by atoms with E-state index in [1.54, 1.807) is 36.4 Å². The van der Waals surface area contributed by atoms with Crippen LogP contribution in [0.4, 0.5) is 14.5 Å². The lowest BCUT2D eigenvalue weighted by atomic mass is 9.77. The minimum absolute atomic E-state index is 0.0253. The number of halogens is 3. The summed E-state index contributed by atoms with van der Waals surface area (Å²) in [6.07, 6.45) is 3.68. The van der Waals surface area contributed by atoms with E-state index in [-0.39, 0.29) is 17.7 Å². The topological polar surface area (TPSA) is 29.1 Å². The molecule has 0 radical (unpaired) electrons. The van der Waals surface area contributed by atoms with E-state index in [2.05, 4.69) is 5.32 Å². The molecule has 5 heteroatoms. The highest BCUT2D eigenvalue weighted by atomic mass is 35.5. The van der Waals surface area contributed by atoms with Crippen molar-refractivity contribution in [2.24, 2.45) is 5.92 Å². The first kappa shape index (κ1) is 17.9. The predicted octanol–water partition coefficient (Wildman–Crippen LogP) is 5.92. The third-order valence-corrected chi connectivity index (χ3v) is 5.12. The summed E-state index contributed by atoms with van der Waals surface area (Å²) >= 11 is 5.83. The fourth-order valence-electron chi connectivity index (χ4n) is 3.52. The van der Waals surface area contributed by atoms with Crippen LogP contribution in [0.2, 0.25) is 5.02 Å². The van der Waals surface area contributed by atoms with Crippen molar-refractivity contribution in [1.82, 2.24) is 0 Å². The minimum Gasteiger partial charge on any atom is -0.326 e. The molecule has 0 atom stereocenters. The van der Waals surface area contributed by atoms with Gasteiger partial charge in [0.15, 0.2) is 11.6 Å². The summed E-state index contributed by atoms with van der Waals surface area (Å²) in [7, 11) is 0. The predicted molar refractivity (Wildman–Crippen MR) is 95.8 cm³/mol. The number of carbonyl (C=O) groups excluding carboxylic acids is 1. The summed E-state index contributed by atoms with van der Waals surface area (Å²) in [4.78, 5) is 12.2. The van der Waals surface area contributed by atoms with Crippen molar-refractivity contribution in [2.45, 2.75) is 38.0 Å². The minimum atomic E-state index is -0.790. The Labute approximate surface area is 151 Å². The third kappa shape index (κ3) is 4.57. The Morgan fingerprint density at radius 3 is 2.40 bits per heavy atom. The molecule has 0 heterocycles. The highest BCUT2D eigenvalue weighted by Crippen LogP contribution is 2.38. The summed E-state index contributed by atoms with van der Waals surface area (Å²) in [5.41, 5.74) is 1.19. The molecule has 0 aromatic heterocycles. The normalized spacial score (nSPS) is 20.3. The van der Waals surface area contributed by atoms with E-state index in [1.807, 2.05) is 0 Å².